The third-order valence-corrected chi connectivity index (χ3v) is 2.91. The van der Waals surface area contributed by atoms with Gasteiger partial charge in [-0.1, -0.05) is 0 Å². The fourth-order valence-corrected chi connectivity index (χ4v) is 2.10. The van der Waals surface area contributed by atoms with Gasteiger partial charge in [0.2, 0.25) is 0 Å². The highest BCUT2D eigenvalue weighted by atomic mass is 127. The Morgan fingerprint density at radius 3 is 2.62 bits per heavy atom. The maximum atomic E-state index is 5.98. The number of nitrogen functional groups attached to an aromatic ring is 1. The predicted molar refractivity (Wildman–Crippen MR) is 65.8 cm³/mol. The van der Waals surface area contributed by atoms with E-state index in [4.69, 9.17) is 5.73 Å². The van der Waals surface area contributed by atoms with Crippen LogP contribution < -0.4 is 11.1 Å². The Hall–Kier alpha value is -0.290. The molecule has 0 aliphatic rings. The number of nitrogens with two attached hydrogens (primary N) is 1. The summed E-state index contributed by atoms with van der Waals surface area (Å²) in [5, 5.41) is 3.19. The lowest BCUT2D eigenvalue weighted by Gasteiger charge is -2.15. The van der Waals surface area contributed by atoms with Crippen LogP contribution in [0.15, 0.2) is 12.1 Å². The van der Waals surface area contributed by atoms with Crippen molar-refractivity contribution in [3.63, 3.8) is 0 Å². The largest absolute Gasteiger partial charge is 0.398 e. The highest BCUT2D eigenvalue weighted by molar-refractivity contribution is 14.1. The number of anilines is 1. The van der Waals surface area contributed by atoms with Crippen LogP contribution in [0.3, 0.4) is 0 Å². The quantitative estimate of drug-likeness (QED) is 0.648. The smallest absolute Gasteiger partial charge is 0.0392 e. The molecular weight excluding hydrogens is 275 g/mol. The Labute approximate surface area is 93.0 Å². The van der Waals surface area contributed by atoms with E-state index >= 15 is 0 Å². The van der Waals surface area contributed by atoms with E-state index in [1.165, 1.54) is 9.13 Å². The van der Waals surface area contributed by atoms with Crippen molar-refractivity contribution >= 4 is 28.3 Å². The zero-order chi connectivity index (χ0) is 10.0. The number of rotatable bonds is 2. The molecule has 0 saturated carbocycles. The van der Waals surface area contributed by atoms with Crippen LogP contribution in [-0.2, 0) is 0 Å². The Bertz CT molecular complexity index is 310. The van der Waals surface area contributed by atoms with Crippen molar-refractivity contribution < 1.29 is 0 Å². The van der Waals surface area contributed by atoms with E-state index in [-0.39, 0.29) is 0 Å². The van der Waals surface area contributed by atoms with Gasteiger partial charge in [0.1, 0.15) is 0 Å². The lowest BCUT2D eigenvalue weighted by molar-refractivity contribution is 0.653. The van der Waals surface area contributed by atoms with Gasteiger partial charge in [0, 0.05) is 15.3 Å². The molecular formula is C10H15IN2. The molecule has 0 spiro atoms. The summed E-state index contributed by atoms with van der Waals surface area (Å²) >= 11 is 2.31. The molecule has 72 valence electrons. The Balaban J connectivity index is 3.20. The van der Waals surface area contributed by atoms with Crippen molar-refractivity contribution in [2.75, 3.05) is 12.8 Å². The molecule has 0 amide bonds. The van der Waals surface area contributed by atoms with E-state index in [2.05, 4.69) is 47.0 Å². The van der Waals surface area contributed by atoms with Gasteiger partial charge in [0.25, 0.3) is 0 Å². The van der Waals surface area contributed by atoms with E-state index in [0.717, 1.165) is 11.3 Å². The SMILES string of the molecule is CNC(C)c1cc(I)cc(C)c1N. The molecule has 0 aliphatic heterocycles. The van der Waals surface area contributed by atoms with Crippen molar-refractivity contribution in [2.45, 2.75) is 19.9 Å². The van der Waals surface area contributed by atoms with E-state index < -0.39 is 0 Å². The summed E-state index contributed by atoms with van der Waals surface area (Å²) < 4.78 is 1.24. The molecule has 1 rings (SSSR count). The predicted octanol–water partition coefficient (Wildman–Crippen LogP) is 2.46. The lowest BCUT2D eigenvalue weighted by atomic mass is 10.0. The summed E-state index contributed by atoms with van der Waals surface area (Å²) in [6, 6.07) is 4.54. The molecule has 0 heterocycles. The minimum absolute atomic E-state index is 0.313. The van der Waals surface area contributed by atoms with Crippen LogP contribution in [0.4, 0.5) is 5.69 Å². The van der Waals surface area contributed by atoms with Crippen LogP contribution in [0, 0.1) is 10.5 Å². The Morgan fingerprint density at radius 2 is 2.08 bits per heavy atom. The monoisotopic (exact) mass is 290 g/mol. The van der Waals surface area contributed by atoms with Crippen molar-refractivity contribution in [1.29, 1.82) is 0 Å². The average molecular weight is 290 g/mol. The zero-order valence-electron chi connectivity index (χ0n) is 8.19. The summed E-state index contributed by atoms with van der Waals surface area (Å²) in [5.41, 5.74) is 9.23. The standard InChI is InChI=1S/C10H15IN2/c1-6-4-8(11)5-9(10(6)12)7(2)13-3/h4-5,7,13H,12H2,1-3H3. The first-order valence-electron chi connectivity index (χ1n) is 4.29. The third-order valence-electron chi connectivity index (χ3n) is 2.28. The summed E-state index contributed by atoms with van der Waals surface area (Å²) in [6.45, 7) is 4.16. The number of hydrogen-bond donors (Lipinski definition) is 2. The third kappa shape index (κ3) is 2.34. The van der Waals surface area contributed by atoms with Gasteiger partial charge in [-0.3, -0.25) is 0 Å². The van der Waals surface area contributed by atoms with Crippen LogP contribution in [0.1, 0.15) is 24.1 Å². The summed E-state index contributed by atoms with van der Waals surface area (Å²) in [7, 11) is 1.94. The number of benzene rings is 1. The molecule has 1 aromatic rings. The summed E-state index contributed by atoms with van der Waals surface area (Å²) in [5.74, 6) is 0. The second-order valence-electron chi connectivity index (χ2n) is 3.24. The molecule has 3 heteroatoms. The maximum absolute atomic E-state index is 5.98. The van der Waals surface area contributed by atoms with Gasteiger partial charge < -0.3 is 11.1 Å². The van der Waals surface area contributed by atoms with E-state index in [0.29, 0.717) is 6.04 Å². The minimum Gasteiger partial charge on any atom is -0.398 e. The summed E-state index contributed by atoms with van der Waals surface area (Å²) in [4.78, 5) is 0. The number of aryl methyl sites for hydroxylation is 1. The first kappa shape index (κ1) is 10.8. The lowest BCUT2D eigenvalue weighted by Crippen LogP contribution is -2.14. The van der Waals surface area contributed by atoms with E-state index in [1.54, 1.807) is 0 Å². The van der Waals surface area contributed by atoms with Crippen molar-refractivity contribution in [1.82, 2.24) is 5.32 Å². The van der Waals surface area contributed by atoms with E-state index in [1.807, 2.05) is 14.0 Å². The molecule has 0 fully saturated rings. The average Bonchev–Trinajstić information content (AvgIpc) is 2.10. The van der Waals surface area contributed by atoms with Crippen LogP contribution in [-0.4, -0.2) is 7.05 Å². The first-order valence-corrected chi connectivity index (χ1v) is 5.37. The molecule has 0 aromatic heterocycles. The fraction of sp³-hybridized carbons (Fsp3) is 0.400. The van der Waals surface area contributed by atoms with Gasteiger partial charge in [0.05, 0.1) is 0 Å². The zero-order valence-corrected chi connectivity index (χ0v) is 10.3. The van der Waals surface area contributed by atoms with Crippen LogP contribution >= 0.6 is 22.6 Å². The number of halogens is 1. The normalized spacial score (nSPS) is 12.9. The second kappa shape index (κ2) is 4.28. The Kier molecular flexibility index (Phi) is 3.55. The van der Waals surface area contributed by atoms with Crippen LogP contribution in [0.25, 0.3) is 0 Å². The maximum Gasteiger partial charge on any atom is 0.0392 e. The molecule has 1 atom stereocenters. The molecule has 13 heavy (non-hydrogen) atoms. The van der Waals surface area contributed by atoms with Crippen molar-refractivity contribution in [2.24, 2.45) is 0 Å². The molecule has 1 aromatic carbocycles. The number of hydrogen-bond acceptors (Lipinski definition) is 2. The highest BCUT2D eigenvalue weighted by Crippen LogP contribution is 2.25. The van der Waals surface area contributed by atoms with Gasteiger partial charge in [-0.2, -0.15) is 0 Å². The van der Waals surface area contributed by atoms with Crippen molar-refractivity contribution in [3.8, 4) is 0 Å². The van der Waals surface area contributed by atoms with Gasteiger partial charge >= 0.3 is 0 Å². The molecule has 3 N–H and O–H groups in total. The highest BCUT2D eigenvalue weighted by Gasteiger charge is 2.09. The molecule has 0 radical (unpaired) electrons. The van der Waals surface area contributed by atoms with Gasteiger partial charge in [-0.25, -0.2) is 0 Å². The van der Waals surface area contributed by atoms with Gasteiger partial charge in [-0.15, -0.1) is 0 Å². The molecule has 1 unspecified atom stereocenters. The molecule has 0 saturated heterocycles. The fourth-order valence-electron chi connectivity index (χ4n) is 1.29. The topological polar surface area (TPSA) is 38.0 Å². The Morgan fingerprint density at radius 1 is 1.46 bits per heavy atom. The van der Waals surface area contributed by atoms with Gasteiger partial charge in [-0.05, 0) is 66.7 Å². The second-order valence-corrected chi connectivity index (χ2v) is 4.48. The molecule has 0 aliphatic carbocycles. The van der Waals surface area contributed by atoms with Crippen molar-refractivity contribution in [3.05, 3.63) is 26.8 Å². The van der Waals surface area contributed by atoms with Gasteiger partial charge in [0.15, 0.2) is 0 Å². The first-order chi connectivity index (χ1) is 6.06. The minimum atomic E-state index is 0.313. The van der Waals surface area contributed by atoms with Crippen LogP contribution in [0.2, 0.25) is 0 Å². The molecule has 2 nitrogen and oxygen atoms in total. The molecule has 0 bridgehead atoms. The summed E-state index contributed by atoms with van der Waals surface area (Å²) in [6.07, 6.45) is 0. The van der Waals surface area contributed by atoms with Crippen LogP contribution in [0.5, 0.6) is 0 Å². The number of nitrogens with one attached hydrogen (secondary N) is 1. The van der Waals surface area contributed by atoms with E-state index in [9.17, 15) is 0 Å².